The molecule has 3 aliphatic rings. The highest BCUT2D eigenvalue weighted by molar-refractivity contribution is 6.58. The zero-order chi connectivity index (χ0) is 41.8. The number of Topliss-reactive ketones (excluding diaryl/α,β-unsaturated/α-hetero) is 1. The molecule has 2 N–H and O–H groups in total. The van der Waals surface area contributed by atoms with Crippen molar-refractivity contribution in [2.24, 2.45) is 5.92 Å². The number of halogens is 2. The highest BCUT2D eigenvalue weighted by Gasteiger charge is 2.54. The largest absolute Gasteiger partial charge is 0.737 e. The SMILES string of the molecule is CCCC1=CC(CCC(=O)CC(CC)C(=O)NCCCCC(=O)NCCOCCN2C(=O)C=CC2=O)=[N+]2C1=Cc1c(CCC)cc(CCC[N+](C)(C)C)n1[B-]2(F)F. The van der Waals surface area contributed by atoms with Crippen LogP contribution in [0.4, 0.5) is 8.63 Å². The summed E-state index contributed by atoms with van der Waals surface area (Å²) in [6.07, 6.45) is 12.8. The summed E-state index contributed by atoms with van der Waals surface area (Å²) in [5, 5.41) is 5.65. The minimum absolute atomic E-state index is 0.0376. The van der Waals surface area contributed by atoms with Gasteiger partial charge in [-0.15, -0.1) is 0 Å². The summed E-state index contributed by atoms with van der Waals surface area (Å²) >= 11 is 0. The fourth-order valence-corrected chi connectivity index (χ4v) is 7.76. The van der Waals surface area contributed by atoms with Crippen molar-refractivity contribution in [2.45, 2.75) is 104 Å². The van der Waals surface area contributed by atoms with Gasteiger partial charge in [0.25, 0.3) is 11.8 Å². The first-order valence-electron chi connectivity index (χ1n) is 20.9. The first-order valence-corrected chi connectivity index (χ1v) is 20.9. The maximum atomic E-state index is 16.9. The zero-order valence-electron chi connectivity index (χ0n) is 35.0. The number of amides is 4. The summed E-state index contributed by atoms with van der Waals surface area (Å²) < 4.78 is 42.5. The second kappa shape index (κ2) is 21.0. The van der Waals surface area contributed by atoms with Crippen molar-refractivity contribution < 1.29 is 46.3 Å². The lowest BCUT2D eigenvalue weighted by atomic mass is 9.88. The van der Waals surface area contributed by atoms with E-state index in [1.807, 2.05) is 32.1 Å². The van der Waals surface area contributed by atoms with Gasteiger partial charge in [-0.2, -0.15) is 0 Å². The standard InChI is InChI=1S/C42H63BF2N6O6/c1-7-13-32-27-34(15-12-24-51(4,5)6)49-37(32)30-38-33(14-8-2)28-35(50(38)43(49,44)45)17-18-36(52)29-31(9-3)42(56)47-21-11-10-16-39(53)46-22-25-57-26-23-48-40(54)19-20-41(48)55/h19-20,27-28,30-31H,7-18,21-26,29H2,1-6H3,(H-,46,47,53,56)/p+1. The normalized spacial score (nSPS) is 16.5. The fourth-order valence-electron chi connectivity index (χ4n) is 7.76. The van der Waals surface area contributed by atoms with E-state index < -0.39 is 12.9 Å². The average Bonchev–Trinajstić information content (AvgIpc) is 3.80. The first-order chi connectivity index (χ1) is 27.1. The third-order valence-corrected chi connectivity index (χ3v) is 10.7. The number of quaternary nitrogens is 1. The van der Waals surface area contributed by atoms with Gasteiger partial charge in [-0.05, 0) is 55.8 Å². The second-order valence-corrected chi connectivity index (χ2v) is 16.4. The molecule has 1 atom stereocenters. The molecular weight excluding hydrogens is 733 g/mol. The molecule has 4 heterocycles. The molecule has 0 radical (unpaired) electrons. The number of hydrogen-bond acceptors (Lipinski definition) is 6. The van der Waals surface area contributed by atoms with Crippen molar-refractivity contribution in [2.75, 3.05) is 60.5 Å². The molecule has 12 nitrogen and oxygen atoms in total. The molecule has 1 unspecified atom stereocenters. The number of ketones is 1. The van der Waals surface area contributed by atoms with Crippen molar-refractivity contribution in [1.82, 2.24) is 20.0 Å². The molecule has 4 amide bonds. The lowest BCUT2D eigenvalue weighted by Gasteiger charge is -2.32. The Balaban J connectivity index is 1.25. The van der Waals surface area contributed by atoms with E-state index in [9.17, 15) is 24.0 Å². The molecule has 314 valence electrons. The molecule has 15 heteroatoms. The molecule has 3 aliphatic heterocycles. The number of carbonyl (C=O) groups is 5. The predicted molar refractivity (Wildman–Crippen MR) is 218 cm³/mol. The van der Waals surface area contributed by atoms with E-state index in [2.05, 4.69) is 38.7 Å². The molecule has 1 aromatic rings. The molecule has 0 fully saturated rings. The monoisotopic (exact) mass is 797 g/mol. The van der Waals surface area contributed by atoms with Gasteiger partial charge >= 0.3 is 6.97 Å². The first kappa shape index (κ1) is 45.5. The number of nitrogens with zero attached hydrogens (tertiary/aromatic N) is 4. The Kier molecular flexibility index (Phi) is 16.7. The van der Waals surface area contributed by atoms with E-state index in [1.165, 1.54) is 21.1 Å². The minimum atomic E-state index is -4.19. The topological polar surface area (TPSA) is 130 Å². The number of ether oxygens (including phenoxy) is 1. The summed E-state index contributed by atoms with van der Waals surface area (Å²) in [5.41, 5.74) is 4.10. The molecular formula is C42H64BF2N6O6+. The lowest BCUT2D eigenvalue weighted by molar-refractivity contribution is -0.870. The van der Waals surface area contributed by atoms with Crippen molar-refractivity contribution in [3.05, 3.63) is 52.5 Å². The summed E-state index contributed by atoms with van der Waals surface area (Å²) in [7, 11) is 6.32. The predicted octanol–water partition coefficient (Wildman–Crippen LogP) is 4.96. The molecule has 0 spiro atoms. The molecule has 0 aliphatic carbocycles. The minimum Gasteiger partial charge on any atom is -0.394 e. The number of aryl methyl sites for hydroxylation is 2. The maximum absolute atomic E-state index is 16.9. The van der Waals surface area contributed by atoms with Crippen LogP contribution in [0.25, 0.3) is 6.08 Å². The Morgan fingerprint density at radius 2 is 1.60 bits per heavy atom. The van der Waals surface area contributed by atoms with Gasteiger partial charge in [-0.25, -0.2) is 0 Å². The number of carbonyl (C=O) groups excluding carboxylic acids is 5. The van der Waals surface area contributed by atoms with E-state index in [4.69, 9.17) is 4.74 Å². The second-order valence-electron chi connectivity index (χ2n) is 16.4. The van der Waals surface area contributed by atoms with Crippen LogP contribution in [0.3, 0.4) is 0 Å². The van der Waals surface area contributed by atoms with E-state index >= 15 is 8.63 Å². The number of imide groups is 1. The molecule has 1 aromatic heterocycles. The van der Waals surface area contributed by atoms with Gasteiger partial charge in [0.05, 0.1) is 47.4 Å². The highest BCUT2D eigenvalue weighted by Crippen LogP contribution is 2.39. The van der Waals surface area contributed by atoms with Gasteiger partial charge in [-0.3, -0.25) is 28.9 Å². The molecule has 0 bridgehead atoms. The maximum Gasteiger partial charge on any atom is 0.737 e. The van der Waals surface area contributed by atoms with Crippen LogP contribution in [0.15, 0.2) is 35.6 Å². The van der Waals surface area contributed by atoms with Crippen LogP contribution in [-0.4, -0.2) is 121 Å². The number of fused-ring (bicyclic) bond motifs is 2. The van der Waals surface area contributed by atoms with E-state index in [0.29, 0.717) is 68.0 Å². The summed E-state index contributed by atoms with van der Waals surface area (Å²) in [5.74, 6) is -1.76. The number of nitrogens with one attached hydrogen (secondary N) is 2. The Morgan fingerprint density at radius 1 is 0.877 bits per heavy atom. The van der Waals surface area contributed by atoms with Crippen LogP contribution in [0.2, 0.25) is 0 Å². The third kappa shape index (κ3) is 12.4. The van der Waals surface area contributed by atoms with Crippen LogP contribution in [0, 0.1) is 5.92 Å². The van der Waals surface area contributed by atoms with Crippen molar-refractivity contribution in [1.29, 1.82) is 0 Å². The van der Waals surface area contributed by atoms with Crippen LogP contribution < -0.4 is 10.6 Å². The van der Waals surface area contributed by atoms with Crippen molar-refractivity contribution in [3.63, 3.8) is 0 Å². The summed E-state index contributed by atoms with van der Waals surface area (Å²) in [6, 6.07) is 1.98. The lowest BCUT2D eigenvalue weighted by Crippen LogP contribution is -2.51. The van der Waals surface area contributed by atoms with Crippen LogP contribution >= 0.6 is 0 Å². The number of unbranched alkanes of at least 4 members (excludes halogenated alkanes) is 1. The molecule has 57 heavy (non-hydrogen) atoms. The highest BCUT2D eigenvalue weighted by atomic mass is 19.2. The fraction of sp³-hybridized carbons (Fsp3) is 0.619. The Morgan fingerprint density at radius 3 is 2.26 bits per heavy atom. The Bertz CT molecular complexity index is 1760. The van der Waals surface area contributed by atoms with Crippen LogP contribution in [-0.2, 0) is 41.6 Å². The summed E-state index contributed by atoms with van der Waals surface area (Å²) in [6.45, 7) is 3.89. The van der Waals surface area contributed by atoms with Gasteiger partial charge in [0.15, 0.2) is 5.70 Å². The van der Waals surface area contributed by atoms with E-state index in [0.717, 1.165) is 52.7 Å². The Hall–Kier alpha value is -4.24. The van der Waals surface area contributed by atoms with Crippen molar-refractivity contribution in [3.8, 4) is 0 Å². The third-order valence-electron chi connectivity index (χ3n) is 10.7. The van der Waals surface area contributed by atoms with Gasteiger partial charge in [0, 0.05) is 86.7 Å². The van der Waals surface area contributed by atoms with Gasteiger partial charge in [0.2, 0.25) is 11.8 Å². The smallest absolute Gasteiger partial charge is 0.394 e. The molecule has 0 aromatic carbocycles. The zero-order valence-corrected chi connectivity index (χ0v) is 35.0. The number of allylic oxidation sites excluding steroid dienone is 2. The van der Waals surface area contributed by atoms with Crippen LogP contribution in [0.1, 0.15) is 108 Å². The van der Waals surface area contributed by atoms with Gasteiger partial charge < -0.3 is 37.4 Å². The molecule has 4 rings (SSSR count). The van der Waals surface area contributed by atoms with Crippen LogP contribution in [0.5, 0.6) is 0 Å². The van der Waals surface area contributed by atoms with Crippen molar-refractivity contribution >= 4 is 48.2 Å². The van der Waals surface area contributed by atoms with E-state index in [1.54, 1.807) is 0 Å². The molecule has 0 saturated carbocycles. The van der Waals surface area contributed by atoms with Gasteiger partial charge in [-0.1, -0.05) is 33.6 Å². The number of hydrogen-bond donors (Lipinski definition) is 2. The van der Waals surface area contributed by atoms with E-state index in [-0.39, 0.29) is 74.9 Å². The Labute approximate surface area is 337 Å². The average molecular weight is 798 g/mol. The number of aromatic nitrogens is 1. The molecule has 0 saturated heterocycles. The number of rotatable bonds is 26. The summed E-state index contributed by atoms with van der Waals surface area (Å²) in [4.78, 5) is 62.6. The van der Waals surface area contributed by atoms with Gasteiger partial charge in [0.1, 0.15) is 11.5 Å². The quantitative estimate of drug-likeness (QED) is 0.0591.